The number of hydrogen-bond acceptors (Lipinski definition) is 4. The van der Waals surface area contributed by atoms with E-state index in [1.807, 2.05) is 24.3 Å². The second-order valence-electron chi connectivity index (χ2n) is 5.66. The summed E-state index contributed by atoms with van der Waals surface area (Å²) in [7, 11) is 3.45. The Bertz CT molecular complexity index is 644. The zero-order valence-corrected chi connectivity index (χ0v) is 15.9. The van der Waals surface area contributed by atoms with E-state index >= 15 is 0 Å². The molecule has 25 heavy (non-hydrogen) atoms. The lowest BCUT2D eigenvalue weighted by atomic mass is 10.1. The maximum absolute atomic E-state index is 5.72. The summed E-state index contributed by atoms with van der Waals surface area (Å²) in [6.07, 6.45) is 0. The van der Waals surface area contributed by atoms with Gasteiger partial charge in [-0.1, -0.05) is 31.2 Å². The number of rotatable bonds is 9. The third-order valence-corrected chi connectivity index (χ3v) is 4.92. The minimum absolute atomic E-state index is 0.459. The summed E-state index contributed by atoms with van der Waals surface area (Å²) in [4.78, 5) is 5.62. The number of guanidine groups is 1. The minimum Gasteiger partial charge on any atom is -0.496 e. The first-order chi connectivity index (χ1) is 12.2. The Morgan fingerprint density at radius 3 is 2.76 bits per heavy atom. The van der Waals surface area contributed by atoms with Gasteiger partial charge in [-0.2, -0.15) is 0 Å². The van der Waals surface area contributed by atoms with Gasteiger partial charge in [0.1, 0.15) is 5.75 Å². The molecule has 0 aliphatic rings. The number of benzene rings is 1. The van der Waals surface area contributed by atoms with Crippen LogP contribution in [0.15, 0.2) is 46.8 Å². The van der Waals surface area contributed by atoms with E-state index in [-0.39, 0.29) is 0 Å². The van der Waals surface area contributed by atoms with Gasteiger partial charge >= 0.3 is 0 Å². The minimum atomic E-state index is 0.459. The Labute approximate surface area is 154 Å². The van der Waals surface area contributed by atoms with E-state index in [0.29, 0.717) is 25.7 Å². The predicted octanol–water partition coefficient (Wildman–Crippen LogP) is 3.24. The molecule has 0 radical (unpaired) electrons. The molecular formula is C19H27N3O2S. The molecule has 1 aromatic heterocycles. The molecule has 1 unspecified atom stereocenters. The molecule has 0 aliphatic heterocycles. The molecule has 0 fully saturated rings. The summed E-state index contributed by atoms with van der Waals surface area (Å²) in [5.41, 5.74) is 1.05. The highest BCUT2D eigenvalue weighted by atomic mass is 32.1. The van der Waals surface area contributed by atoms with Gasteiger partial charge in [-0.05, 0) is 17.5 Å². The highest BCUT2D eigenvalue weighted by molar-refractivity contribution is 7.10. The van der Waals surface area contributed by atoms with Gasteiger partial charge in [0.05, 0.1) is 20.3 Å². The van der Waals surface area contributed by atoms with Crippen LogP contribution in [-0.2, 0) is 11.3 Å². The van der Waals surface area contributed by atoms with Crippen molar-refractivity contribution in [1.82, 2.24) is 10.6 Å². The SMILES string of the molecule is CN=C(NCCOCc1ccccc1OC)NCC(C)c1cccs1. The summed E-state index contributed by atoms with van der Waals surface area (Å²) >= 11 is 1.79. The van der Waals surface area contributed by atoms with Crippen LogP contribution in [0, 0.1) is 0 Å². The number of methoxy groups -OCH3 is 1. The fraction of sp³-hybridized carbons (Fsp3) is 0.421. The van der Waals surface area contributed by atoms with Crippen molar-refractivity contribution in [3.05, 3.63) is 52.2 Å². The van der Waals surface area contributed by atoms with Crippen molar-refractivity contribution >= 4 is 17.3 Å². The van der Waals surface area contributed by atoms with Crippen LogP contribution in [0.1, 0.15) is 23.3 Å². The molecule has 0 saturated carbocycles. The molecule has 5 nitrogen and oxygen atoms in total. The molecule has 6 heteroatoms. The van der Waals surface area contributed by atoms with Gasteiger partial charge in [0.15, 0.2) is 5.96 Å². The van der Waals surface area contributed by atoms with Crippen molar-refractivity contribution in [3.63, 3.8) is 0 Å². The number of thiophene rings is 1. The van der Waals surface area contributed by atoms with E-state index in [1.165, 1.54) is 4.88 Å². The summed E-state index contributed by atoms with van der Waals surface area (Å²) in [6, 6.07) is 12.1. The molecule has 0 amide bonds. The molecule has 2 aromatic rings. The van der Waals surface area contributed by atoms with Crippen LogP contribution in [0.5, 0.6) is 5.75 Å². The van der Waals surface area contributed by atoms with Crippen LogP contribution in [0.3, 0.4) is 0 Å². The Balaban J connectivity index is 1.64. The van der Waals surface area contributed by atoms with E-state index in [1.54, 1.807) is 25.5 Å². The summed E-state index contributed by atoms with van der Waals surface area (Å²) in [6.45, 7) is 4.89. The number of hydrogen-bond donors (Lipinski definition) is 2. The maximum atomic E-state index is 5.72. The van der Waals surface area contributed by atoms with E-state index in [9.17, 15) is 0 Å². The van der Waals surface area contributed by atoms with Gasteiger partial charge in [0, 0.05) is 36.5 Å². The first-order valence-electron chi connectivity index (χ1n) is 8.42. The number of para-hydroxylation sites is 1. The van der Waals surface area contributed by atoms with Crippen molar-refractivity contribution < 1.29 is 9.47 Å². The van der Waals surface area contributed by atoms with Crippen LogP contribution in [0.2, 0.25) is 0 Å². The molecule has 136 valence electrons. The molecule has 0 aliphatic carbocycles. The van der Waals surface area contributed by atoms with E-state index in [4.69, 9.17) is 9.47 Å². The van der Waals surface area contributed by atoms with Crippen LogP contribution in [0.4, 0.5) is 0 Å². The molecular weight excluding hydrogens is 334 g/mol. The average molecular weight is 362 g/mol. The van der Waals surface area contributed by atoms with Gasteiger partial charge in [-0.15, -0.1) is 11.3 Å². The van der Waals surface area contributed by atoms with Gasteiger partial charge in [0.25, 0.3) is 0 Å². The second kappa shape index (κ2) is 10.7. The topological polar surface area (TPSA) is 54.9 Å². The first kappa shape index (κ1) is 19.3. The van der Waals surface area contributed by atoms with Gasteiger partial charge < -0.3 is 20.1 Å². The number of aliphatic imine (C=N–C) groups is 1. The standard InChI is InChI=1S/C19H27N3O2S/c1-15(18-9-6-12-25-18)13-22-19(20-2)21-10-11-24-14-16-7-4-5-8-17(16)23-3/h4-9,12,15H,10-11,13-14H2,1-3H3,(H2,20,21,22). The van der Waals surface area contributed by atoms with Crippen molar-refractivity contribution in [2.45, 2.75) is 19.4 Å². The van der Waals surface area contributed by atoms with Crippen LogP contribution in [0.25, 0.3) is 0 Å². The number of nitrogens with one attached hydrogen (secondary N) is 2. The molecule has 2 rings (SSSR count). The smallest absolute Gasteiger partial charge is 0.191 e. The maximum Gasteiger partial charge on any atom is 0.191 e. The number of nitrogens with zero attached hydrogens (tertiary/aromatic N) is 1. The lowest BCUT2D eigenvalue weighted by Gasteiger charge is -2.15. The summed E-state index contributed by atoms with van der Waals surface area (Å²) in [5.74, 6) is 2.11. The van der Waals surface area contributed by atoms with Crippen molar-refractivity contribution in [1.29, 1.82) is 0 Å². The molecule has 1 aromatic carbocycles. The summed E-state index contributed by atoms with van der Waals surface area (Å²) in [5, 5.41) is 8.73. The Hall–Kier alpha value is -2.05. The van der Waals surface area contributed by atoms with Gasteiger partial charge in [-0.25, -0.2) is 0 Å². The largest absolute Gasteiger partial charge is 0.496 e. The molecule has 0 bridgehead atoms. The third kappa shape index (κ3) is 6.40. The number of ether oxygens (including phenoxy) is 2. The quantitative estimate of drug-likeness (QED) is 0.409. The average Bonchev–Trinajstić information content (AvgIpc) is 3.19. The Morgan fingerprint density at radius 2 is 2.04 bits per heavy atom. The third-order valence-electron chi connectivity index (χ3n) is 3.82. The van der Waals surface area contributed by atoms with E-state index in [0.717, 1.165) is 23.8 Å². The highest BCUT2D eigenvalue weighted by Crippen LogP contribution is 2.19. The molecule has 1 atom stereocenters. The molecule has 2 N–H and O–H groups in total. The van der Waals surface area contributed by atoms with Crippen LogP contribution < -0.4 is 15.4 Å². The monoisotopic (exact) mass is 361 g/mol. The highest BCUT2D eigenvalue weighted by Gasteiger charge is 2.07. The lowest BCUT2D eigenvalue weighted by Crippen LogP contribution is -2.40. The lowest BCUT2D eigenvalue weighted by molar-refractivity contribution is 0.123. The zero-order valence-electron chi connectivity index (χ0n) is 15.1. The van der Waals surface area contributed by atoms with Gasteiger partial charge in [-0.3, -0.25) is 4.99 Å². The normalized spacial score (nSPS) is 12.7. The fourth-order valence-electron chi connectivity index (χ4n) is 2.39. The Morgan fingerprint density at radius 1 is 1.20 bits per heavy atom. The summed E-state index contributed by atoms with van der Waals surface area (Å²) < 4.78 is 11.0. The molecule has 0 spiro atoms. The van der Waals surface area contributed by atoms with E-state index < -0.39 is 0 Å². The fourth-order valence-corrected chi connectivity index (χ4v) is 3.18. The van der Waals surface area contributed by atoms with Gasteiger partial charge in [0.2, 0.25) is 0 Å². The van der Waals surface area contributed by atoms with Crippen molar-refractivity contribution in [2.24, 2.45) is 4.99 Å². The van der Waals surface area contributed by atoms with Crippen molar-refractivity contribution in [2.75, 3.05) is 33.9 Å². The van der Waals surface area contributed by atoms with Crippen LogP contribution >= 0.6 is 11.3 Å². The Kier molecular flexibility index (Phi) is 8.28. The predicted molar refractivity (Wildman–Crippen MR) is 105 cm³/mol. The van der Waals surface area contributed by atoms with Crippen LogP contribution in [-0.4, -0.2) is 39.8 Å². The van der Waals surface area contributed by atoms with E-state index in [2.05, 4.69) is 40.1 Å². The van der Waals surface area contributed by atoms with Crippen molar-refractivity contribution in [3.8, 4) is 5.75 Å². The molecule has 0 saturated heterocycles. The first-order valence-corrected chi connectivity index (χ1v) is 9.30. The second-order valence-corrected chi connectivity index (χ2v) is 6.64. The molecule has 1 heterocycles. The zero-order chi connectivity index (χ0) is 17.9.